The van der Waals surface area contributed by atoms with Crippen LogP contribution in [0.25, 0.3) is 5.69 Å². The number of carbonyl (C=O) groups is 1. The second-order valence-corrected chi connectivity index (χ2v) is 3.30. The molecule has 4 nitrogen and oxygen atoms in total. The molecule has 0 aliphatic rings. The van der Waals surface area contributed by atoms with Crippen LogP contribution in [0.15, 0.2) is 36.5 Å². The largest absolute Gasteiger partial charge is 0.478 e. The molecule has 0 atom stereocenters. The van der Waals surface area contributed by atoms with Crippen molar-refractivity contribution < 1.29 is 18.7 Å². The van der Waals surface area contributed by atoms with Crippen LogP contribution in [0.1, 0.15) is 22.5 Å². The molecule has 1 aromatic heterocycles. The fourth-order valence-corrected chi connectivity index (χ4v) is 1.51. The molecule has 0 unspecified atom stereocenters. The van der Waals surface area contributed by atoms with Gasteiger partial charge in [-0.3, -0.25) is 0 Å². The molecular weight excluding hydrogens is 230 g/mol. The lowest BCUT2D eigenvalue weighted by molar-refractivity contribution is 0.0683. The highest BCUT2D eigenvalue weighted by atomic mass is 19.3. The first-order valence-electron chi connectivity index (χ1n) is 4.76. The number of alkyl halides is 2. The summed E-state index contributed by atoms with van der Waals surface area (Å²) in [5.41, 5.74) is -0.692. The lowest BCUT2D eigenvalue weighted by atomic mass is 10.2. The zero-order valence-corrected chi connectivity index (χ0v) is 8.55. The maximum absolute atomic E-state index is 12.8. The Balaban J connectivity index is 2.60. The first-order chi connectivity index (χ1) is 8.11. The monoisotopic (exact) mass is 238 g/mol. The van der Waals surface area contributed by atoms with Gasteiger partial charge in [-0.15, -0.1) is 0 Å². The van der Waals surface area contributed by atoms with E-state index in [4.69, 9.17) is 5.11 Å². The van der Waals surface area contributed by atoms with Crippen molar-refractivity contribution in [2.45, 2.75) is 6.43 Å². The van der Waals surface area contributed by atoms with Gasteiger partial charge in [0, 0.05) is 0 Å². The molecule has 1 aromatic carbocycles. The maximum Gasteiger partial charge on any atom is 0.339 e. The highest BCUT2D eigenvalue weighted by molar-refractivity contribution is 5.88. The number of carboxylic acids is 1. The molecule has 0 spiro atoms. The predicted molar refractivity (Wildman–Crippen MR) is 55.5 cm³/mol. The number of para-hydroxylation sites is 1. The minimum absolute atomic E-state index is 0.398. The van der Waals surface area contributed by atoms with Crippen molar-refractivity contribution in [1.82, 2.24) is 9.78 Å². The van der Waals surface area contributed by atoms with Crippen LogP contribution in [0.4, 0.5) is 8.78 Å². The van der Waals surface area contributed by atoms with Crippen molar-refractivity contribution in [2.75, 3.05) is 0 Å². The van der Waals surface area contributed by atoms with Crippen LogP contribution in [-0.4, -0.2) is 20.9 Å². The minimum atomic E-state index is -2.90. The zero-order valence-electron chi connectivity index (χ0n) is 8.55. The average molecular weight is 238 g/mol. The van der Waals surface area contributed by atoms with Gasteiger partial charge in [0.05, 0.1) is 11.9 Å². The number of aromatic carboxylic acids is 1. The van der Waals surface area contributed by atoms with Gasteiger partial charge in [0.2, 0.25) is 0 Å². The summed E-state index contributed by atoms with van der Waals surface area (Å²) >= 11 is 0. The van der Waals surface area contributed by atoms with E-state index < -0.39 is 23.7 Å². The molecule has 0 fully saturated rings. The number of aromatic nitrogens is 2. The molecule has 17 heavy (non-hydrogen) atoms. The summed E-state index contributed by atoms with van der Waals surface area (Å²) in [4.78, 5) is 10.8. The second-order valence-electron chi connectivity index (χ2n) is 3.30. The fourth-order valence-electron chi connectivity index (χ4n) is 1.51. The van der Waals surface area contributed by atoms with Crippen molar-refractivity contribution in [3.8, 4) is 5.69 Å². The highest BCUT2D eigenvalue weighted by Gasteiger charge is 2.24. The third-order valence-corrected chi connectivity index (χ3v) is 2.24. The molecule has 1 heterocycles. The predicted octanol–water partition coefficient (Wildman–Crippen LogP) is 2.51. The first kappa shape index (κ1) is 11.3. The normalized spacial score (nSPS) is 10.8. The number of nitrogens with zero attached hydrogens (tertiary/aromatic N) is 2. The third kappa shape index (κ3) is 2.01. The number of benzene rings is 1. The summed E-state index contributed by atoms with van der Waals surface area (Å²) in [7, 11) is 0. The summed E-state index contributed by atoms with van der Waals surface area (Å²) in [6.07, 6.45) is -1.97. The van der Waals surface area contributed by atoms with Crippen molar-refractivity contribution in [3.05, 3.63) is 47.8 Å². The molecule has 1 N–H and O–H groups in total. The topological polar surface area (TPSA) is 55.1 Å². The summed E-state index contributed by atoms with van der Waals surface area (Å²) in [5.74, 6) is -1.41. The van der Waals surface area contributed by atoms with E-state index in [1.54, 1.807) is 30.3 Å². The van der Waals surface area contributed by atoms with E-state index in [2.05, 4.69) is 5.10 Å². The smallest absolute Gasteiger partial charge is 0.339 e. The summed E-state index contributed by atoms with van der Waals surface area (Å²) in [6, 6.07) is 8.20. The van der Waals surface area contributed by atoms with Crippen LogP contribution >= 0.6 is 0 Å². The van der Waals surface area contributed by atoms with E-state index in [1.165, 1.54) is 0 Å². The molecule has 0 saturated carbocycles. The van der Waals surface area contributed by atoms with Gasteiger partial charge in [-0.2, -0.15) is 5.10 Å². The molecule has 0 aliphatic heterocycles. The van der Waals surface area contributed by atoms with Crippen LogP contribution < -0.4 is 0 Å². The third-order valence-electron chi connectivity index (χ3n) is 2.24. The molecule has 88 valence electrons. The SMILES string of the molecule is O=C(O)c1cnn(-c2ccccc2)c1C(F)F. The Morgan fingerprint density at radius 1 is 1.29 bits per heavy atom. The van der Waals surface area contributed by atoms with E-state index in [0.717, 1.165) is 10.9 Å². The van der Waals surface area contributed by atoms with E-state index in [-0.39, 0.29) is 0 Å². The minimum Gasteiger partial charge on any atom is -0.478 e. The van der Waals surface area contributed by atoms with Gasteiger partial charge >= 0.3 is 5.97 Å². The summed E-state index contributed by atoms with van der Waals surface area (Å²) < 4.78 is 26.6. The lowest BCUT2D eigenvalue weighted by Crippen LogP contribution is -2.07. The van der Waals surface area contributed by atoms with Crippen LogP contribution in [0.3, 0.4) is 0 Å². The Bertz CT molecular complexity index is 538. The van der Waals surface area contributed by atoms with Crippen molar-refractivity contribution >= 4 is 5.97 Å². The van der Waals surface area contributed by atoms with Gasteiger partial charge < -0.3 is 5.11 Å². The number of halogens is 2. The number of hydrogen-bond acceptors (Lipinski definition) is 2. The molecule has 0 amide bonds. The molecule has 0 radical (unpaired) electrons. The number of carboxylic acid groups (broad SMARTS) is 1. The fraction of sp³-hybridized carbons (Fsp3) is 0.0909. The Hall–Kier alpha value is -2.24. The van der Waals surface area contributed by atoms with Gasteiger partial charge in [-0.05, 0) is 12.1 Å². The molecule has 6 heteroatoms. The van der Waals surface area contributed by atoms with Crippen molar-refractivity contribution in [2.24, 2.45) is 0 Å². The molecule has 0 saturated heterocycles. The van der Waals surface area contributed by atoms with Gasteiger partial charge in [0.25, 0.3) is 6.43 Å². The Labute approximate surface area is 95.1 Å². The molecule has 0 aliphatic carbocycles. The Morgan fingerprint density at radius 2 is 1.94 bits per heavy atom. The van der Waals surface area contributed by atoms with Gasteiger partial charge in [-0.1, -0.05) is 18.2 Å². The van der Waals surface area contributed by atoms with Crippen molar-refractivity contribution in [1.29, 1.82) is 0 Å². The van der Waals surface area contributed by atoms with Crippen LogP contribution in [0, 0.1) is 0 Å². The van der Waals surface area contributed by atoms with E-state index >= 15 is 0 Å². The van der Waals surface area contributed by atoms with E-state index in [0.29, 0.717) is 5.69 Å². The Kier molecular flexibility index (Phi) is 2.86. The van der Waals surface area contributed by atoms with Gasteiger partial charge in [0.15, 0.2) is 0 Å². The standard InChI is InChI=1S/C11H8F2N2O2/c12-10(13)9-8(11(16)17)6-14-15(9)7-4-2-1-3-5-7/h1-6,10H,(H,16,17). The van der Waals surface area contributed by atoms with Crippen LogP contribution in [0.2, 0.25) is 0 Å². The van der Waals surface area contributed by atoms with Crippen LogP contribution in [-0.2, 0) is 0 Å². The van der Waals surface area contributed by atoms with Crippen LogP contribution in [0.5, 0.6) is 0 Å². The molecule has 0 bridgehead atoms. The second kappa shape index (κ2) is 4.32. The highest BCUT2D eigenvalue weighted by Crippen LogP contribution is 2.25. The zero-order chi connectivity index (χ0) is 12.4. The first-order valence-corrected chi connectivity index (χ1v) is 4.76. The summed E-state index contributed by atoms with van der Waals surface area (Å²) in [5, 5.41) is 12.5. The molecule has 2 aromatic rings. The van der Waals surface area contributed by atoms with Crippen molar-refractivity contribution in [3.63, 3.8) is 0 Å². The molecular formula is C11H8F2N2O2. The maximum atomic E-state index is 12.8. The molecule has 2 rings (SSSR count). The van der Waals surface area contributed by atoms with E-state index in [1.807, 2.05) is 0 Å². The van der Waals surface area contributed by atoms with Gasteiger partial charge in [-0.25, -0.2) is 18.3 Å². The quantitative estimate of drug-likeness (QED) is 0.893. The number of hydrogen-bond donors (Lipinski definition) is 1. The summed E-state index contributed by atoms with van der Waals surface area (Å²) in [6.45, 7) is 0. The number of rotatable bonds is 3. The lowest BCUT2D eigenvalue weighted by Gasteiger charge is -2.07. The van der Waals surface area contributed by atoms with Gasteiger partial charge in [0.1, 0.15) is 11.3 Å². The Morgan fingerprint density at radius 3 is 2.47 bits per heavy atom. The van der Waals surface area contributed by atoms with E-state index in [9.17, 15) is 13.6 Å². The average Bonchev–Trinajstić information content (AvgIpc) is 2.74.